The van der Waals surface area contributed by atoms with Gasteiger partial charge in [0.05, 0.1) is 35.1 Å². The summed E-state index contributed by atoms with van der Waals surface area (Å²) in [7, 11) is 0. The summed E-state index contributed by atoms with van der Waals surface area (Å²) in [5, 5.41) is 20.1. The van der Waals surface area contributed by atoms with Crippen LogP contribution in [-0.2, 0) is 11.3 Å². The third-order valence-corrected chi connectivity index (χ3v) is 5.36. The molecule has 0 bridgehead atoms. The summed E-state index contributed by atoms with van der Waals surface area (Å²) < 4.78 is 15.4. The Morgan fingerprint density at radius 1 is 1.35 bits per heavy atom. The maximum atomic E-state index is 13.5. The lowest BCUT2D eigenvalue weighted by Crippen LogP contribution is -2.28. The molecule has 0 radical (unpaired) electrons. The predicted octanol–water partition coefficient (Wildman–Crippen LogP) is 4.05. The van der Waals surface area contributed by atoms with Gasteiger partial charge in [-0.05, 0) is 49.6 Å². The average Bonchev–Trinajstić information content (AvgIpc) is 3.38. The van der Waals surface area contributed by atoms with E-state index >= 15 is 0 Å². The Morgan fingerprint density at radius 3 is 2.97 bits per heavy atom. The number of fused-ring (bicyclic) bond motifs is 1. The summed E-state index contributed by atoms with van der Waals surface area (Å²) in [5.41, 5.74) is 3.46. The van der Waals surface area contributed by atoms with Crippen LogP contribution >= 0.6 is 0 Å². The number of hydrogen-bond donors (Lipinski definition) is 0. The minimum atomic E-state index is -0.445. The number of carbonyl (C=O) groups is 1. The van der Waals surface area contributed by atoms with E-state index in [1.807, 2.05) is 23.7 Å². The first-order valence-corrected chi connectivity index (χ1v) is 9.99. The zero-order chi connectivity index (χ0) is 22.0. The Balaban J connectivity index is 1.40. The molecule has 1 unspecified atom stereocenters. The van der Waals surface area contributed by atoms with Crippen LogP contribution in [0.2, 0.25) is 0 Å². The van der Waals surface area contributed by atoms with Crippen molar-refractivity contribution >= 4 is 23.0 Å². The summed E-state index contributed by atoms with van der Waals surface area (Å²) in [4.78, 5) is 16.8. The van der Waals surface area contributed by atoms with Gasteiger partial charge in [-0.2, -0.15) is 15.5 Å². The molecule has 0 aliphatic carbocycles. The highest BCUT2D eigenvalue weighted by molar-refractivity contribution is 5.94. The zero-order valence-corrected chi connectivity index (χ0v) is 17.1. The van der Waals surface area contributed by atoms with Gasteiger partial charge < -0.3 is 0 Å². The Kier molecular flexibility index (Phi) is 5.58. The number of aryl methyl sites for hydroxylation is 2. The van der Waals surface area contributed by atoms with Crippen LogP contribution in [0.1, 0.15) is 42.1 Å². The van der Waals surface area contributed by atoms with E-state index < -0.39 is 5.82 Å². The highest BCUT2D eigenvalue weighted by Crippen LogP contribution is 2.30. The molecule has 3 heterocycles. The summed E-state index contributed by atoms with van der Waals surface area (Å²) in [6.07, 6.45) is 5.99. The van der Waals surface area contributed by atoms with E-state index in [1.165, 1.54) is 11.1 Å². The largest absolute Gasteiger partial charge is 0.269 e. The average molecular weight is 416 g/mol. The van der Waals surface area contributed by atoms with Gasteiger partial charge >= 0.3 is 0 Å². The maximum Gasteiger partial charge on any atom is 0.269 e. The standard InChI is InChI=1S/C23H21FN6O/c1-15(23(31)30-21(7-8-27-30)18-11-19(24)14-26-13-18)4-3-9-29-22-6-5-17(12-25)10-20(22)16(2)28-29/h5-6,8,10-11,13-14,21H,1,3-4,7,9H2,2H3. The van der Waals surface area contributed by atoms with E-state index in [-0.39, 0.29) is 11.9 Å². The fourth-order valence-electron chi connectivity index (χ4n) is 3.79. The fourth-order valence-corrected chi connectivity index (χ4v) is 3.79. The van der Waals surface area contributed by atoms with Crippen LogP contribution in [0.3, 0.4) is 0 Å². The molecule has 8 heteroatoms. The number of amides is 1. The van der Waals surface area contributed by atoms with Crippen molar-refractivity contribution in [3.05, 3.63) is 71.4 Å². The normalized spacial score (nSPS) is 15.4. The van der Waals surface area contributed by atoms with Gasteiger partial charge in [0, 0.05) is 36.3 Å². The lowest BCUT2D eigenvalue weighted by molar-refractivity contribution is -0.129. The molecule has 31 heavy (non-hydrogen) atoms. The quantitative estimate of drug-likeness (QED) is 0.567. The molecule has 7 nitrogen and oxygen atoms in total. The summed E-state index contributed by atoms with van der Waals surface area (Å²) in [5.74, 6) is -0.720. The molecule has 0 spiro atoms. The van der Waals surface area contributed by atoms with Crippen LogP contribution in [0.25, 0.3) is 10.9 Å². The second-order valence-corrected chi connectivity index (χ2v) is 7.50. The Labute approximate surface area is 179 Å². The Hall–Kier alpha value is -3.86. The lowest BCUT2D eigenvalue weighted by Gasteiger charge is -2.22. The number of rotatable bonds is 6. The number of carbonyl (C=O) groups excluding carboxylic acids is 1. The maximum absolute atomic E-state index is 13.5. The van der Waals surface area contributed by atoms with Crippen LogP contribution < -0.4 is 0 Å². The molecule has 1 aromatic carbocycles. The number of halogens is 1. The van der Waals surface area contributed by atoms with Crippen molar-refractivity contribution in [1.82, 2.24) is 19.8 Å². The molecule has 2 aromatic heterocycles. The number of aromatic nitrogens is 3. The zero-order valence-electron chi connectivity index (χ0n) is 17.1. The molecule has 1 aliphatic rings. The smallest absolute Gasteiger partial charge is 0.268 e. The molecule has 0 saturated carbocycles. The molecule has 3 aromatic rings. The molecule has 4 rings (SSSR count). The van der Waals surface area contributed by atoms with Gasteiger partial charge in [0.25, 0.3) is 5.91 Å². The number of nitriles is 1. The molecular weight excluding hydrogens is 395 g/mol. The molecule has 1 amide bonds. The number of nitrogens with zero attached hydrogens (tertiary/aromatic N) is 6. The van der Waals surface area contributed by atoms with Gasteiger partial charge in [-0.3, -0.25) is 14.5 Å². The van der Waals surface area contributed by atoms with Gasteiger partial charge in [-0.25, -0.2) is 9.40 Å². The van der Waals surface area contributed by atoms with Crippen molar-refractivity contribution in [2.75, 3.05) is 0 Å². The van der Waals surface area contributed by atoms with Crippen LogP contribution in [-0.4, -0.2) is 31.9 Å². The SMILES string of the molecule is C=C(CCCn1nc(C)c2cc(C#N)ccc21)C(=O)N1N=CCC1c1cncc(F)c1. The van der Waals surface area contributed by atoms with Crippen molar-refractivity contribution in [1.29, 1.82) is 5.26 Å². The Morgan fingerprint density at radius 2 is 2.19 bits per heavy atom. The predicted molar refractivity (Wildman–Crippen MR) is 114 cm³/mol. The molecule has 0 N–H and O–H groups in total. The highest BCUT2D eigenvalue weighted by atomic mass is 19.1. The summed E-state index contributed by atoms with van der Waals surface area (Å²) >= 11 is 0. The number of hydrazone groups is 1. The highest BCUT2D eigenvalue weighted by Gasteiger charge is 2.29. The third kappa shape index (κ3) is 4.08. The van der Waals surface area contributed by atoms with Crippen LogP contribution in [0.5, 0.6) is 0 Å². The van der Waals surface area contributed by atoms with E-state index in [0.717, 1.165) is 22.8 Å². The molecule has 1 atom stereocenters. The van der Waals surface area contributed by atoms with Crippen molar-refractivity contribution < 1.29 is 9.18 Å². The number of hydrogen-bond acceptors (Lipinski definition) is 5. The van der Waals surface area contributed by atoms with Gasteiger partial charge in [0.15, 0.2) is 0 Å². The molecule has 0 fully saturated rings. The van der Waals surface area contributed by atoms with Gasteiger partial charge in [-0.1, -0.05) is 6.58 Å². The van der Waals surface area contributed by atoms with E-state index in [4.69, 9.17) is 5.26 Å². The molecule has 156 valence electrons. The van der Waals surface area contributed by atoms with Gasteiger partial charge in [0.2, 0.25) is 0 Å². The number of benzene rings is 1. The summed E-state index contributed by atoms with van der Waals surface area (Å²) in [6, 6.07) is 8.65. The van der Waals surface area contributed by atoms with E-state index in [2.05, 4.69) is 27.8 Å². The van der Waals surface area contributed by atoms with E-state index in [0.29, 0.717) is 42.5 Å². The Bertz CT molecular complexity index is 1240. The lowest BCUT2D eigenvalue weighted by atomic mass is 10.0. The monoisotopic (exact) mass is 416 g/mol. The van der Waals surface area contributed by atoms with Gasteiger partial charge in [-0.15, -0.1) is 0 Å². The molecule has 0 saturated heterocycles. The minimum Gasteiger partial charge on any atom is -0.268 e. The van der Waals surface area contributed by atoms with Crippen molar-refractivity contribution in [2.24, 2.45) is 5.10 Å². The van der Waals surface area contributed by atoms with Gasteiger partial charge in [0.1, 0.15) is 5.82 Å². The van der Waals surface area contributed by atoms with Crippen molar-refractivity contribution in [3.8, 4) is 6.07 Å². The fraction of sp³-hybridized carbons (Fsp3) is 0.261. The van der Waals surface area contributed by atoms with Crippen molar-refractivity contribution in [3.63, 3.8) is 0 Å². The van der Waals surface area contributed by atoms with Crippen molar-refractivity contribution in [2.45, 2.75) is 38.8 Å². The molecular formula is C23H21FN6O. The molecule has 1 aliphatic heterocycles. The van der Waals surface area contributed by atoms with Crippen LogP contribution in [0, 0.1) is 24.1 Å². The second-order valence-electron chi connectivity index (χ2n) is 7.50. The second kappa shape index (κ2) is 8.48. The van der Waals surface area contributed by atoms with Crippen LogP contribution in [0.4, 0.5) is 4.39 Å². The first-order valence-electron chi connectivity index (χ1n) is 9.99. The summed E-state index contributed by atoms with van der Waals surface area (Å²) in [6.45, 7) is 6.47. The van der Waals surface area contributed by atoms with E-state index in [9.17, 15) is 9.18 Å². The topological polar surface area (TPSA) is 87.2 Å². The first-order chi connectivity index (χ1) is 15.0. The number of pyridine rings is 1. The third-order valence-electron chi connectivity index (χ3n) is 5.36. The minimum absolute atomic E-state index is 0.275. The van der Waals surface area contributed by atoms with Crippen LogP contribution in [0.15, 0.2) is 53.9 Å². The van der Waals surface area contributed by atoms with E-state index in [1.54, 1.807) is 18.5 Å². The first kappa shape index (κ1) is 20.4.